The molecule has 0 radical (unpaired) electrons. The fraction of sp³-hybridized carbons (Fsp3) is 0.0870. The predicted molar refractivity (Wildman–Crippen MR) is 116 cm³/mol. The van der Waals surface area contributed by atoms with E-state index in [1.807, 2.05) is 46.5 Å². The zero-order valence-electron chi connectivity index (χ0n) is 15.6. The van der Waals surface area contributed by atoms with Crippen molar-refractivity contribution in [1.82, 2.24) is 14.5 Å². The molecule has 1 amide bonds. The molecule has 6 heteroatoms. The zero-order chi connectivity index (χ0) is 19.6. The Morgan fingerprint density at radius 2 is 1.97 bits per heavy atom. The molecular formula is C23H18N4OS. The Hall–Kier alpha value is -3.51. The van der Waals surface area contributed by atoms with Crippen LogP contribution in [0.3, 0.4) is 0 Å². The highest BCUT2D eigenvalue weighted by atomic mass is 32.1. The van der Waals surface area contributed by atoms with E-state index in [4.69, 9.17) is 0 Å². The first-order chi connectivity index (χ1) is 14.3. The Labute approximate surface area is 172 Å². The number of carbonyl (C=O) groups is 1. The smallest absolute Gasteiger partial charge is 0.274 e. The summed E-state index contributed by atoms with van der Waals surface area (Å²) in [6.07, 6.45) is 8.47. The zero-order valence-corrected chi connectivity index (χ0v) is 16.4. The highest BCUT2D eigenvalue weighted by Gasteiger charge is 2.18. The molecule has 29 heavy (non-hydrogen) atoms. The van der Waals surface area contributed by atoms with Crippen LogP contribution in [-0.4, -0.2) is 20.4 Å². The minimum atomic E-state index is -0.159. The van der Waals surface area contributed by atoms with E-state index in [9.17, 15) is 4.79 Å². The molecular weight excluding hydrogens is 380 g/mol. The molecule has 0 fully saturated rings. The van der Waals surface area contributed by atoms with Crippen molar-refractivity contribution in [2.45, 2.75) is 13.0 Å². The van der Waals surface area contributed by atoms with Crippen LogP contribution >= 0.6 is 11.3 Å². The summed E-state index contributed by atoms with van der Waals surface area (Å²) in [5, 5.41) is 5.56. The van der Waals surface area contributed by atoms with E-state index in [0.717, 1.165) is 17.7 Å². The second-order valence-corrected chi connectivity index (χ2v) is 7.77. The van der Waals surface area contributed by atoms with E-state index in [1.54, 1.807) is 12.4 Å². The van der Waals surface area contributed by atoms with E-state index >= 15 is 0 Å². The maximum absolute atomic E-state index is 12.8. The molecule has 0 bridgehead atoms. The second kappa shape index (κ2) is 7.48. The molecule has 5 nitrogen and oxygen atoms in total. The van der Waals surface area contributed by atoms with Crippen molar-refractivity contribution in [3.63, 3.8) is 0 Å². The number of allylic oxidation sites excluding steroid dienone is 1. The van der Waals surface area contributed by atoms with Gasteiger partial charge in [-0.05, 0) is 52.6 Å². The Morgan fingerprint density at radius 1 is 1.10 bits per heavy atom. The van der Waals surface area contributed by atoms with Crippen LogP contribution in [0.15, 0.2) is 72.5 Å². The van der Waals surface area contributed by atoms with Crippen LogP contribution in [0.1, 0.15) is 32.9 Å². The lowest BCUT2D eigenvalue weighted by Gasteiger charge is -2.08. The first kappa shape index (κ1) is 17.6. The number of amides is 1. The van der Waals surface area contributed by atoms with Crippen molar-refractivity contribution >= 4 is 34.0 Å². The number of pyridine rings is 1. The van der Waals surface area contributed by atoms with Crippen molar-refractivity contribution in [3.05, 3.63) is 101 Å². The second-order valence-electron chi connectivity index (χ2n) is 6.91. The number of hydrogen-bond acceptors (Lipinski definition) is 4. The summed E-state index contributed by atoms with van der Waals surface area (Å²) in [4.78, 5) is 21.5. The standard InChI is InChI=1S/C23H18N4OS/c28-22(21-6-3-11-27(21)14-16-7-9-24-10-8-16)26-23-25-20(15-29-23)19-12-17-4-1-2-5-18(17)13-19/h1-12,15H,13-14H2,(H,25,26,28). The maximum atomic E-state index is 12.8. The quantitative estimate of drug-likeness (QED) is 0.528. The van der Waals surface area contributed by atoms with Crippen LogP contribution in [0.2, 0.25) is 0 Å². The SMILES string of the molecule is O=C(Nc1nc(C2=Cc3ccccc3C2)cs1)c1cccn1Cc1ccncc1. The molecule has 0 saturated heterocycles. The van der Waals surface area contributed by atoms with Gasteiger partial charge in [0.25, 0.3) is 5.91 Å². The molecule has 142 valence electrons. The Bertz CT molecular complexity index is 1210. The van der Waals surface area contributed by atoms with Crippen molar-refractivity contribution in [2.75, 3.05) is 5.32 Å². The Morgan fingerprint density at radius 3 is 2.83 bits per heavy atom. The third-order valence-corrected chi connectivity index (χ3v) is 5.74. The summed E-state index contributed by atoms with van der Waals surface area (Å²) in [6, 6.07) is 16.0. The molecule has 3 aromatic heterocycles. The van der Waals surface area contributed by atoms with Gasteiger partial charge in [0.1, 0.15) is 5.69 Å². The number of hydrogen-bond donors (Lipinski definition) is 1. The van der Waals surface area contributed by atoms with Gasteiger partial charge in [-0.3, -0.25) is 15.1 Å². The first-order valence-corrected chi connectivity index (χ1v) is 10.2. The van der Waals surface area contributed by atoms with E-state index in [2.05, 4.69) is 39.6 Å². The summed E-state index contributed by atoms with van der Waals surface area (Å²) in [7, 11) is 0. The van der Waals surface area contributed by atoms with Crippen LogP contribution in [0.25, 0.3) is 11.6 Å². The average molecular weight is 398 g/mol. The van der Waals surface area contributed by atoms with Crippen LogP contribution in [-0.2, 0) is 13.0 Å². The van der Waals surface area contributed by atoms with E-state index < -0.39 is 0 Å². The Balaban J connectivity index is 1.30. The molecule has 0 spiro atoms. The van der Waals surface area contributed by atoms with Crippen LogP contribution in [0.5, 0.6) is 0 Å². The number of anilines is 1. The molecule has 3 heterocycles. The summed E-state index contributed by atoms with van der Waals surface area (Å²) in [6.45, 7) is 0.618. The van der Waals surface area contributed by atoms with Gasteiger partial charge in [-0.2, -0.15) is 0 Å². The maximum Gasteiger partial charge on any atom is 0.274 e. The van der Waals surface area contributed by atoms with Crippen molar-refractivity contribution in [3.8, 4) is 0 Å². The molecule has 1 aliphatic rings. The van der Waals surface area contributed by atoms with Gasteiger partial charge in [-0.1, -0.05) is 24.3 Å². The highest BCUT2D eigenvalue weighted by Crippen LogP contribution is 2.32. The largest absolute Gasteiger partial charge is 0.339 e. The molecule has 0 saturated carbocycles. The van der Waals surface area contributed by atoms with Gasteiger partial charge in [0.2, 0.25) is 0 Å². The highest BCUT2D eigenvalue weighted by molar-refractivity contribution is 7.14. The number of fused-ring (bicyclic) bond motifs is 1. The minimum Gasteiger partial charge on any atom is -0.339 e. The van der Waals surface area contributed by atoms with Gasteiger partial charge < -0.3 is 4.57 Å². The predicted octanol–water partition coefficient (Wildman–Crippen LogP) is 4.74. The lowest BCUT2D eigenvalue weighted by Crippen LogP contribution is -2.17. The summed E-state index contributed by atoms with van der Waals surface area (Å²) < 4.78 is 1.93. The van der Waals surface area contributed by atoms with Gasteiger partial charge in [0.05, 0.1) is 5.69 Å². The van der Waals surface area contributed by atoms with Gasteiger partial charge in [0, 0.05) is 36.9 Å². The summed E-state index contributed by atoms with van der Waals surface area (Å²) >= 11 is 1.45. The Kier molecular flexibility index (Phi) is 4.54. The monoisotopic (exact) mass is 398 g/mol. The number of aromatic nitrogens is 3. The number of nitrogens with zero attached hydrogens (tertiary/aromatic N) is 3. The molecule has 1 N–H and O–H groups in total. The lowest BCUT2D eigenvalue weighted by atomic mass is 10.1. The summed E-state index contributed by atoms with van der Waals surface area (Å²) in [5.74, 6) is -0.159. The van der Waals surface area contributed by atoms with E-state index in [0.29, 0.717) is 17.4 Å². The molecule has 0 unspecified atom stereocenters. The van der Waals surface area contributed by atoms with Gasteiger partial charge in [-0.25, -0.2) is 4.98 Å². The third-order valence-electron chi connectivity index (χ3n) is 4.98. The number of benzene rings is 1. The van der Waals surface area contributed by atoms with Crippen LogP contribution < -0.4 is 5.32 Å². The minimum absolute atomic E-state index is 0.159. The van der Waals surface area contributed by atoms with Gasteiger partial charge >= 0.3 is 0 Å². The van der Waals surface area contributed by atoms with Crippen molar-refractivity contribution in [2.24, 2.45) is 0 Å². The number of rotatable bonds is 5. The fourth-order valence-corrected chi connectivity index (χ4v) is 4.26. The normalized spacial score (nSPS) is 12.5. The van der Waals surface area contributed by atoms with Crippen LogP contribution in [0, 0.1) is 0 Å². The first-order valence-electron chi connectivity index (χ1n) is 9.36. The van der Waals surface area contributed by atoms with Crippen molar-refractivity contribution in [1.29, 1.82) is 0 Å². The average Bonchev–Trinajstić information content (AvgIpc) is 3.47. The number of carbonyl (C=O) groups excluding carboxylic acids is 1. The molecule has 5 rings (SSSR count). The third kappa shape index (κ3) is 3.62. The number of nitrogens with one attached hydrogen (secondary N) is 1. The van der Waals surface area contributed by atoms with Gasteiger partial charge in [0.15, 0.2) is 5.13 Å². The van der Waals surface area contributed by atoms with Gasteiger partial charge in [-0.15, -0.1) is 11.3 Å². The number of thiazole rings is 1. The molecule has 0 atom stereocenters. The van der Waals surface area contributed by atoms with E-state index in [-0.39, 0.29) is 5.91 Å². The van der Waals surface area contributed by atoms with Crippen molar-refractivity contribution < 1.29 is 4.79 Å². The molecule has 1 aromatic carbocycles. The lowest BCUT2D eigenvalue weighted by molar-refractivity contribution is 0.101. The van der Waals surface area contributed by atoms with Crippen LogP contribution in [0.4, 0.5) is 5.13 Å². The topological polar surface area (TPSA) is 59.8 Å². The summed E-state index contributed by atoms with van der Waals surface area (Å²) in [5.41, 5.74) is 6.36. The molecule has 4 aromatic rings. The molecule has 0 aliphatic heterocycles. The van der Waals surface area contributed by atoms with E-state index in [1.165, 1.54) is 28.0 Å². The molecule has 1 aliphatic carbocycles. The fourth-order valence-electron chi connectivity index (χ4n) is 3.53.